The van der Waals surface area contributed by atoms with Gasteiger partial charge in [-0.1, -0.05) is 6.92 Å². The first kappa shape index (κ1) is 12.5. The highest BCUT2D eigenvalue weighted by atomic mass is 32.2. The van der Waals surface area contributed by atoms with Crippen molar-refractivity contribution in [3.63, 3.8) is 0 Å². The highest BCUT2D eigenvalue weighted by Gasteiger charge is 2.37. The van der Waals surface area contributed by atoms with E-state index in [-0.39, 0.29) is 11.3 Å². The van der Waals surface area contributed by atoms with E-state index in [0.717, 1.165) is 25.8 Å². The van der Waals surface area contributed by atoms with E-state index in [1.54, 1.807) is 11.6 Å². The Morgan fingerprint density at radius 2 is 2.29 bits per heavy atom. The Morgan fingerprint density at radius 3 is 2.88 bits per heavy atom. The quantitative estimate of drug-likeness (QED) is 0.820. The van der Waals surface area contributed by atoms with Gasteiger partial charge in [-0.3, -0.25) is 0 Å². The Balaban J connectivity index is 2.08. The van der Waals surface area contributed by atoms with Crippen LogP contribution in [0.15, 0.2) is 6.33 Å². The molecule has 0 aliphatic heterocycles. The summed E-state index contributed by atoms with van der Waals surface area (Å²) < 4.78 is 28.0. The van der Waals surface area contributed by atoms with E-state index >= 15 is 0 Å². The van der Waals surface area contributed by atoms with Gasteiger partial charge in [-0.15, -0.1) is 0 Å². The molecular weight excluding hydrogens is 240 g/mol. The molecule has 1 heterocycles. The standard InChI is InChI=1S/C10H18N4O2S/c1-3-6-14-10(11-7-12-14)8(2)13-17(15,16)9-4-5-9/h7-9,13H,3-6H2,1-2H3. The molecular formula is C10H18N4O2S. The van der Waals surface area contributed by atoms with Crippen molar-refractivity contribution in [2.75, 3.05) is 0 Å². The van der Waals surface area contributed by atoms with Crippen LogP contribution in [0.1, 0.15) is 45.0 Å². The molecule has 1 fully saturated rings. The second kappa shape index (κ2) is 4.73. The summed E-state index contributed by atoms with van der Waals surface area (Å²) in [4.78, 5) is 4.12. The average molecular weight is 258 g/mol. The average Bonchev–Trinajstić information content (AvgIpc) is 3.01. The van der Waals surface area contributed by atoms with Gasteiger partial charge >= 0.3 is 0 Å². The SMILES string of the molecule is CCCn1ncnc1C(C)NS(=O)(=O)C1CC1. The third-order valence-corrected chi connectivity index (χ3v) is 4.80. The summed E-state index contributed by atoms with van der Waals surface area (Å²) in [5.74, 6) is 0.677. The maximum atomic E-state index is 11.8. The lowest BCUT2D eigenvalue weighted by atomic mass is 10.3. The molecule has 7 heteroatoms. The fraction of sp³-hybridized carbons (Fsp3) is 0.800. The molecule has 1 N–H and O–H groups in total. The maximum absolute atomic E-state index is 11.8. The van der Waals surface area contributed by atoms with Crippen LogP contribution in [0.25, 0.3) is 0 Å². The Labute approximate surface area is 101 Å². The molecule has 1 aliphatic rings. The Morgan fingerprint density at radius 1 is 1.59 bits per heavy atom. The maximum Gasteiger partial charge on any atom is 0.215 e. The number of aromatic nitrogens is 3. The van der Waals surface area contributed by atoms with Crippen LogP contribution in [0.5, 0.6) is 0 Å². The lowest BCUT2D eigenvalue weighted by Crippen LogP contribution is -2.31. The number of nitrogens with zero attached hydrogens (tertiary/aromatic N) is 3. The van der Waals surface area contributed by atoms with Gasteiger partial charge in [0.15, 0.2) is 0 Å². The van der Waals surface area contributed by atoms with E-state index < -0.39 is 10.0 Å². The predicted molar refractivity (Wildman–Crippen MR) is 63.8 cm³/mol. The van der Waals surface area contributed by atoms with Gasteiger partial charge in [0.05, 0.1) is 11.3 Å². The van der Waals surface area contributed by atoms with E-state index in [4.69, 9.17) is 0 Å². The molecule has 0 saturated heterocycles. The molecule has 0 aromatic carbocycles. The number of sulfonamides is 1. The van der Waals surface area contributed by atoms with Crippen LogP contribution in [-0.2, 0) is 16.6 Å². The van der Waals surface area contributed by atoms with Crippen LogP contribution in [0, 0.1) is 0 Å². The molecule has 1 aromatic rings. The number of aryl methyl sites for hydroxylation is 1. The van der Waals surface area contributed by atoms with Crippen molar-refractivity contribution in [3.05, 3.63) is 12.2 Å². The summed E-state index contributed by atoms with van der Waals surface area (Å²) in [6.07, 6.45) is 3.94. The fourth-order valence-corrected chi connectivity index (χ4v) is 3.31. The molecule has 17 heavy (non-hydrogen) atoms. The molecule has 0 radical (unpaired) electrons. The van der Waals surface area contributed by atoms with E-state index in [9.17, 15) is 8.42 Å². The zero-order valence-electron chi connectivity index (χ0n) is 10.1. The predicted octanol–water partition coefficient (Wildman–Crippen LogP) is 0.831. The second-order valence-corrected chi connectivity index (χ2v) is 6.42. The highest BCUT2D eigenvalue weighted by Crippen LogP contribution is 2.28. The van der Waals surface area contributed by atoms with Gasteiger partial charge in [-0.05, 0) is 26.2 Å². The topological polar surface area (TPSA) is 76.9 Å². The van der Waals surface area contributed by atoms with E-state index in [1.165, 1.54) is 6.33 Å². The molecule has 1 aromatic heterocycles. The van der Waals surface area contributed by atoms with Gasteiger partial charge in [0.2, 0.25) is 10.0 Å². The minimum Gasteiger partial charge on any atom is -0.249 e. The third kappa shape index (κ3) is 2.84. The van der Waals surface area contributed by atoms with Crippen LogP contribution in [-0.4, -0.2) is 28.4 Å². The summed E-state index contributed by atoms with van der Waals surface area (Å²) in [5, 5.41) is 3.89. The lowest BCUT2D eigenvalue weighted by Gasteiger charge is -2.14. The van der Waals surface area contributed by atoms with Gasteiger partial charge in [-0.25, -0.2) is 22.8 Å². The highest BCUT2D eigenvalue weighted by molar-refractivity contribution is 7.90. The molecule has 1 saturated carbocycles. The van der Waals surface area contributed by atoms with Crippen molar-refractivity contribution in [2.45, 2.75) is 50.9 Å². The Kier molecular flexibility index (Phi) is 3.48. The molecule has 6 nitrogen and oxygen atoms in total. The van der Waals surface area contributed by atoms with Crippen molar-refractivity contribution >= 4 is 10.0 Å². The molecule has 0 spiro atoms. The molecule has 0 bridgehead atoms. The summed E-state index contributed by atoms with van der Waals surface area (Å²) in [5.41, 5.74) is 0. The van der Waals surface area contributed by atoms with Crippen LogP contribution in [0.3, 0.4) is 0 Å². The van der Waals surface area contributed by atoms with Crippen LogP contribution in [0.2, 0.25) is 0 Å². The smallest absolute Gasteiger partial charge is 0.215 e. The number of hydrogen-bond donors (Lipinski definition) is 1. The summed E-state index contributed by atoms with van der Waals surface area (Å²) in [6.45, 7) is 4.60. The van der Waals surface area contributed by atoms with Gasteiger partial charge in [-0.2, -0.15) is 5.10 Å². The van der Waals surface area contributed by atoms with Crippen molar-refractivity contribution in [1.29, 1.82) is 0 Å². The first-order chi connectivity index (χ1) is 8.04. The third-order valence-electron chi connectivity index (χ3n) is 2.77. The van der Waals surface area contributed by atoms with Gasteiger partial charge in [0.25, 0.3) is 0 Å². The lowest BCUT2D eigenvalue weighted by molar-refractivity contribution is 0.515. The second-order valence-electron chi connectivity index (χ2n) is 4.43. The first-order valence-electron chi connectivity index (χ1n) is 5.93. The molecule has 1 atom stereocenters. The van der Waals surface area contributed by atoms with Crippen LogP contribution in [0.4, 0.5) is 0 Å². The minimum absolute atomic E-state index is 0.201. The zero-order valence-corrected chi connectivity index (χ0v) is 10.9. The monoisotopic (exact) mass is 258 g/mol. The van der Waals surface area contributed by atoms with Crippen molar-refractivity contribution in [3.8, 4) is 0 Å². The Bertz CT molecular complexity index is 478. The number of hydrogen-bond acceptors (Lipinski definition) is 4. The van der Waals surface area contributed by atoms with Crippen LogP contribution < -0.4 is 4.72 Å². The van der Waals surface area contributed by atoms with Gasteiger partial charge < -0.3 is 0 Å². The summed E-state index contributed by atoms with van der Waals surface area (Å²) >= 11 is 0. The molecule has 2 rings (SSSR count). The van der Waals surface area contributed by atoms with Crippen LogP contribution >= 0.6 is 0 Å². The van der Waals surface area contributed by atoms with Crippen molar-refractivity contribution < 1.29 is 8.42 Å². The fourth-order valence-electron chi connectivity index (χ4n) is 1.77. The van der Waals surface area contributed by atoms with E-state index in [1.807, 2.05) is 6.92 Å². The number of nitrogens with one attached hydrogen (secondary N) is 1. The zero-order chi connectivity index (χ0) is 12.5. The van der Waals surface area contributed by atoms with Gasteiger partial charge in [0.1, 0.15) is 12.2 Å². The molecule has 1 unspecified atom stereocenters. The van der Waals surface area contributed by atoms with Crippen molar-refractivity contribution in [1.82, 2.24) is 19.5 Å². The molecule has 1 aliphatic carbocycles. The molecule has 96 valence electrons. The normalized spacial score (nSPS) is 18.2. The van der Waals surface area contributed by atoms with E-state index in [0.29, 0.717) is 5.82 Å². The van der Waals surface area contributed by atoms with E-state index in [2.05, 4.69) is 14.8 Å². The summed E-state index contributed by atoms with van der Waals surface area (Å²) in [7, 11) is -3.18. The van der Waals surface area contributed by atoms with Gasteiger partial charge in [0, 0.05) is 6.54 Å². The van der Waals surface area contributed by atoms with Crippen molar-refractivity contribution in [2.24, 2.45) is 0 Å². The number of rotatable bonds is 6. The molecule has 0 amide bonds. The summed E-state index contributed by atoms with van der Waals surface area (Å²) in [6, 6.07) is -0.324. The minimum atomic E-state index is -3.18. The largest absolute Gasteiger partial charge is 0.249 e. The first-order valence-corrected chi connectivity index (χ1v) is 7.48. The Hall–Kier alpha value is -0.950.